The fraction of sp³-hybridized carbons (Fsp3) is 0.727. The van der Waals surface area contributed by atoms with E-state index in [4.69, 9.17) is 5.11 Å². The summed E-state index contributed by atoms with van der Waals surface area (Å²) in [6.45, 7) is 6.79. The van der Waals surface area contributed by atoms with Crippen LogP contribution in [0.3, 0.4) is 0 Å². The van der Waals surface area contributed by atoms with Gasteiger partial charge in [0, 0.05) is 11.5 Å². The fourth-order valence-corrected chi connectivity index (χ4v) is 7.35. The van der Waals surface area contributed by atoms with Crippen molar-refractivity contribution in [1.82, 2.24) is 5.32 Å². The lowest BCUT2D eigenvalue weighted by Crippen LogP contribution is -2.52. The van der Waals surface area contributed by atoms with Crippen LogP contribution in [0.5, 0.6) is 0 Å². The number of carbonyl (C=O) groups is 2. The average molecular weight is 357 g/mol. The summed E-state index contributed by atoms with van der Waals surface area (Å²) < 4.78 is 0. The SMILES string of the molecule is CC(NC(=O)O)[C@H]1CCC2C3CCC4=CC(=O)C=C[C@]4(C)C3CC[C@@]21C. The van der Waals surface area contributed by atoms with E-state index in [1.54, 1.807) is 6.08 Å². The normalized spacial score (nSPS) is 45.2. The zero-order valence-electron chi connectivity index (χ0n) is 16.1. The first-order valence-electron chi connectivity index (χ1n) is 10.2. The Morgan fingerprint density at radius 3 is 2.73 bits per heavy atom. The van der Waals surface area contributed by atoms with E-state index in [0.29, 0.717) is 23.7 Å². The molecule has 3 fully saturated rings. The number of hydrogen-bond donors (Lipinski definition) is 2. The number of ketones is 1. The molecule has 7 atom stereocenters. The van der Waals surface area contributed by atoms with Gasteiger partial charge in [0.2, 0.25) is 0 Å². The van der Waals surface area contributed by atoms with E-state index < -0.39 is 6.09 Å². The first-order chi connectivity index (χ1) is 12.3. The Hall–Kier alpha value is -1.58. The topological polar surface area (TPSA) is 66.4 Å². The Balaban J connectivity index is 1.60. The van der Waals surface area contributed by atoms with Crippen molar-refractivity contribution < 1.29 is 14.7 Å². The molecule has 4 unspecified atom stereocenters. The molecule has 0 radical (unpaired) electrons. The number of rotatable bonds is 2. The summed E-state index contributed by atoms with van der Waals surface area (Å²) in [4.78, 5) is 23.0. The lowest BCUT2D eigenvalue weighted by molar-refractivity contribution is -0.111. The number of allylic oxidation sites excluding steroid dienone is 4. The van der Waals surface area contributed by atoms with Gasteiger partial charge in [0.25, 0.3) is 0 Å². The van der Waals surface area contributed by atoms with Crippen LogP contribution in [0.25, 0.3) is 0 Å². The van der Waals surface area contributed by atoms with E-state index in [9.17, 15) is 9.59 Å². The summed E-state index contributed by atoms with van der Waals surface area (Å²) >= 11 is 0. The van der Waals surface area contributed by atoms with Crippen LogP contribution in [-0.4, -0.2) is 23.0 Å². The van der Waals surface area contributed by atoms with E-state index in [-0.39, 0.29) is 22.7 Å². The minimum atomic E-state index is -0.907. The largest absolute Gasteiger partial charge is 0.465 e. The maximum Gasteiger partial charge on any atom is 0.404 e. The zero-order chi connectivity index (χ0) is 18.7. The molecule has 4 aliphatic carbocycles. The Labute approximate surface area is 156 Å². The molecule has 142 valence electrons. The van der Waals surface area contributed by atoms with Crippen LogP contribution in [0.15, 0.2) is 23.8 Å². The molecule has 0 aromatic carbocycles. The monoisotopic (exact) mass is 357 g/mol. The second-order valence-corrected chi connectivity index (χ2v) is 9.57. The van der Waals surface area contributed by atoms with Gasteiger partial charge in [0.05, 0.1) is 0 Å². The Kier molecular flexibility index (Phi) is 4.09. The molecule has 4 rings (SSSR count). The van der Waals surface area contributed by atoms with Crippen molar-refractivity contribution in [3.8, 4) is 0 Å². The van der Waals surface area contributed by atoms with Crippen LogP contribution in [0.4, 0.5) is 4.79 Å². The molecule has 0 aromatic rings. The predicted molar refractivity (Wildman–Crippen MR) is 101 cm³/mol. The summed E-state index contributed by atoms with van der Waals surface area (Å²) in [5, 5.41) is 11.9. The van der Waals surface area contributed by atoms with Crippen molar-refractivity contribution in [2.45, 2.75) is 65.3 Å². The third-order valence-corrected chi connectivity index (χ3v) is 8.58. The molecule has 0 spiro atoms. The number of amides is 1. The van der Waals surface area contributed by atoms with Gasteiger partial charge in [-0.1, -0.05) is 25.5 Å². The summed E-state index contributed by atoms with van der Waals surface area (Å²) in [7, 11) is 0. The molecule has 3 saturated carbocycles. The van der Waals surface area contributed by atoms with Crippen LogP contribution in [0, 0.1) is 34.5 Å². The highest BCUT2D eigenvalue weighted by Crippen LogP contribution is 2.66. The molecule has 0 aromatic heterocycles. The third-order valence-electron chi connectivity index (χ3n) is 8.58. The minimum absolute atomic E-state index is 0.0147. The standard InChI is InChI=1S/C22H31NO3/c1-13(23-20(25)26)17-6-7-18-16-5-4-14-12-15(24)8-10-21(14,2)19(16)9-11-22(17,18)3/h8,10,12-13,16-19,23H,4-7,9,11H2,1-3H3,(H,25,26)/t13?,16?,17-,18?,19?,21+,22-/m1/s1. The summed E-state index contributed by atoms with van der Waals surface area (Å²) in [5.41, 5.74) is 1.61. The number of nitrogens with one attached hydrogen (secondary N) is 1. The smallest absolute Gasteiger partial charge is 0.404 e. The minimum Gasteiger partial charge on any atom is -0.465 e. The lowest BCUT2D eigenvalue weighted by atomic mass is 9.47. The van der Waals surface area contributed by atoms with Gasteiger partial charge in [0.15, 0.2) is 5.78 Å². The van der Waals surface area contributed by atoms with Crippen LogP contribution < -0.4 is 5.32 Å². The van der Waals surface area contributed by atoms with Gasteiger partial charge in [-0.2, -0.15) is 0 Å². The maximum absolute atomic E-state index is 11.8. The molecule has 1 amide bonds. The molecule has 4 heteroatoms. The Morgan fingerprint density at radius 1 is 1.23 bits per heavy atom. The highest BCUT2D eigenvalue weighted by atomic mass is 16.4. The quantitative estimate of drug-likeness (QED) is 0.761. The van der Waals surface area contributed by atoms with Gasteiger partial charge in [0.1, 0.15) is 0 Å². The van der Waals surface area contributed by atoms with Gasteiger partial charge >= 0.3 is 6.09 Å². The molecule has 0 bridgehead atoms. The van der Waals surface area contributed by atoms with E-state index in [1.807, 2.05) is 13.0 Å². The predicted octanol–water partition coefficient (Wildman–Crippen LogP) is 4.57. The van der Waals surface area contributed by atoms with Crippen molar-refractivity contribution in [3.63, 3.8) is 0 Å². The van der Waals surface area contributed by atoms with Gasteiger partial charge in [-0.15, -0.1) is 0 Å². The van der Waals surface area contributed by atoms with E-state index in [2.05, 4.69) is 25.2 Å². The molecule has 26 heavy (non-hydrogen) atoms. The van der Waals surface area contributed by atoms with Crippen LogP contribution in [0.1, 0.15) is 59.3 Å². The number of carbonyl (C=O) groups excluding carboxylic acids is 1. The highest BCUT2D eigenvalue weighted by Gasteiger charge is 2.59. The molecule has 0 heterocycles. The number of fused-ring (bicyclic) bond motifs is 5. The average Bonchev–Trinajstić information content (AvgIpc) is 2.92. The van der Waals surface area contributed by atoms with Gasteiger partial charge in [-0.25, -0.2) is 4.79 Å². The second kappa shape index (κ2) is 5.97. The molecule has 4 nitrogen and oxygen atoms in total. The van der Waals surface area contributed by atoms with Crippen LogP contribution >= 0.6 is 0 Å². The van der Waals surface area contributed by atoms with E-state index >= 15 is 0 Å². The fourth-order valence-electron chi connectivity index (χ4n) is 7.35. The molecule has 0 aliphatic heterocycles. The molecule has 2 N–H and O–H groups in total. The van der Waals surface area contributed by atoms with Crippen molar-refractivity contribution in [2.75, 3.05) is 0 Å². The third kappa shape index (κ3) is 2.48. The number of carboxylic acid groups (broad SMARTS) is 1. The highest BCUT2D eigenvalue weighted by molar-refractivity contribution is 6.01. The van der Waals surface area contributed by atoms with Gasteiger partial charge < -0.3 is 10.4 Å². The van der Waals surface area contributed by atoms with Crippen molar-refractivity contribution in [2.24, 2.45) is 34.5 Å². The van der Waals surface area contributed by atoms with Crippen molar-refractivity contribution in [3.05, 3.63) is 23.8 Å². The Morgan fingerprint density at radius 2 is 2.00 bits per heavy atom. The van der Waals surface area contributed by atoms with E-state index in [0.717, 1.165) is 12.8 Å². The van der Waals surface area contributed by atoms with Crippen molar-refractivity contribution in [1.29, 1.82) is 0 Å². The first kappa shape index (κ1) is 17.8. The Bertz CT molecular complexity index is 696. The van der Waals surface area contributed by atoms with Gasteiger partial charge in [-0.05, 0) is 86.7 Å². The summed E-state index contributed by atoms with van der Waals surface area (Å²) in [5.74, 6) is 2.56. The van der Waals surface area contributed by atoms with E-state index in [1.165, 1.54) is 31.3 Å². The van der Waals surface area contributed by atoms with Gasteiger partial charge in [-0.3, -0.25) is 4.79 Å². The molecular formula is C22H31NO3. The van der Waals surface area contributed by atoms with Crippen molar-refractivity contribution >= 4 is 11.9 Å². The first-order valence-corrected chi connectivity index (χ1v) is 10.2. The second-order valence-electron chi connectivity index (χ2n) is 9.57. The summed E-state index contributed by atoms with van der Waals surface area (Å²) in [6, 6.07) is 0.0147. The zero-order valence-corrected chi connectivity index (χ0v) is 16.1. The molecular weight excluding hydrogens is 326 g/mol. The summed E-state index contributed by atoms with van der Waals surface area (Å²) in [6.07, 6.45) is 11.8. The number of hydrogen-bond acceptors (Lipinski definition) is 2. The maximum atomic E-state index is 11.8. The molecule has 0 saturated heterocycles. The lowest BCUT2D eigenvalue weighted by Gasteiger charge is -2.57. The van der Waals surface area contributed by atoms with Crippen LogP contribution in [-0.2, 0) is 4.79 Å². The molecule has 4 aliphatic rings. The van der Waals surface area contributed by atoms with Crippen LogP contribution in [0.2, 0.25) is 0 Å².